The van der Waals surface area contributed by atoms with Crippen molar-refractivity contribution >= 4 is 24.2 Å². The van der Waals surface area contributed by atoms with Crippen molar-refractivity contribution in [3.8, 4) is 0 Å². The number of thiol groups is 1. The van der Waals surface area contributed by atoms with Gasteiger partial charge in [-0.05, 0) is 26.7 Å². The molecule has 0 aliphatic carbocycles. The van der Waals surface area contributed by atoms with Gasteiger partial charge in [0.1, 0.15) is 0 Å². The summed E-state index contributed by atoms with van der Waals surface area (Å²) in [5.41, 5.74) is 1.14. The van der Waals surface area contributed by atoms with Crippen LogP contribution in [0.5, 0.6) is 0 Å². The lowest BCUT2D eigenvalue weighted by molar-refractivity contribution is 1.50. The zero-order valence-electron chi connectivity index (χ0n) is 4.39. The lowest BCUT2D eigenvalue weighted by atomic mass is 10.3. The number of nitrogens with zero attached hydrogens (tertiary/aromatic N) is 1. The Bertz CT molecular complexity index is 106. The van der Waals surface area contributed by atoms with E-state index in [0.29, 0.717) is 11.4 Å². The summed E-state index contributed by atoms with van der Waals surface area (Å²) in [6.45, 7) is 3.42. The van der Waals surface area contributed by atoms with Gasteiger partial charge in [-0.3, -0.25) is 0 Å². The molecule has 0 heterocycles. The molecular weight excluding hydrogens is 108 g/mol. The largest absolute Gasteiger partial charge is 0.304 e. The van der Waals surface area contributed by atoms with Gasteiger partial charge in [-0.25, -0.2) is 4.40 Å². The molecule has 0 amide bonds. The van der Waals surface area contributed by atoms with Crippen LogP contribution < -0.4 is 0 Å². The summed E-state index contributed by atoms with van der Waals surface area (Å²) < 4.78 is 3.47. The van der Waals surface area contributed by atoms with E-state index >= 15 is 0 Å². The summed E-state index contributed by atoms with van der Waals surface area (Å²) in [5, 5.41) is 6.92. The molecule has 0 fully saturated rings. The average molecular weight is 116 g/mol. The second kappa shape index (κ2) is 2.80. The molecule has 0 atom stereocenters. The summed E-state index contributed by atoms with van der Waals surface area (Å²) in [5.74, 6) is 0. The Hall–Kier alpha value is -0.310. The van der Waals surface area contributed by atoms with Gasteiger partial charge in [0.2, 0.25) is 0 Å². The van der Waals surface area contributed by atoms with Crippen molar-refractivity contribution in [3.63, 3.8) is 0 Å². The smallest absolute Gasteiger partial charge is 0.0657 e. The highest BCUT2D eigenvalue weighted by Crippen LogP contribution is 1.81. The molecule has 3 heteroatoms. The third kappa shape index (κ3) is 2.39. The summed E-state index contributed by atoms with van der Waals surface area (Å²) >= 11 is 3.60. The molecule has 0 saturated carbocycles. The Labute approximate surface area is 48.7 Å². The predicted octanol–water partition coefficient (Wildman–Crippen LogP) is 1.33. The maximum atomic E-state index is 6.92. The average Bonchev–Trinajstić information content (AvgIpc) is 1.65. The Morgan fingerprint density at radius 3 is 2.00 bits per heavy atom. The molecule has 0 aliphatic rings. The normalized spacial score (nSPS) is 11.6. The molecule has 0 rings (SSSR count). The van der Waals surface area contributed by atoms with Crippen LogP contribution in [-0.4, -0.2) is 11.4 Å². The van der Waals surface area contributed by atoms with Gasteiger partial charge in [-0.2, -0.15) is 0 Å². The van der Waals surface area contributed by atoms with Crippen LogP contribution in [-0.2, 0) is 0 Å². The molecule has 0 aliphatic heterocycles. The first kappa shape index (κ1) is 6.69. The Kier molecular flexibility index (Phi) is 2.67. The number of rotatable bonds is 1. The van der Waals surface area contributed by atoms with Crippen LogP contribution in [0.3, 0.4) is 0 Å². The molecule has 0 spiro atoms. The molecule has 0 saturated heterocycles. The van der Waals surface area contributed by atoms with E-state index < -0.39 is 0 Å². The van der Waals surface area contributed by atoms with Crippen LogP contribution in [0.4, 0.5) is 0 Å². The van der Waals surface area contributed by atoms with Crippen molar-refractivity contribution in [1.82, 2.24) is 0 Å². The van der Waals surface area contributed by atoms with Crippen LogP contribution >= 0.6 is 12.8 Å². The molecule has 40 valence electrons. The summed E-state index contributed by atoms with van der Waals surface area (Å²) in [7, 11) is 0. The number of nitrogens with one attached hydrogen (secondary N) is 1. The molecule has 1 N–H and O–H groups in total. The molecule has 0 aromatic rings. The number of hydrogen-bond donors (Lipinski definition) is 2. The first-order valence-corrected chi connectivity index (χ1v) is 2.32. The topological polar surface area (TPSA) is 36.2 Å². The minimum atomic E-state index is 0.468. The fourth-order valence-corrected chi connectivity index (χ4v) is 0.225. The molecule has 7 heavy (non-hydrogen) atoms. The van der Waals surface area contributed by atoms with Crippen LogP contribution in [0, 0.1) is 5.41 Å². The monoisotopic (exact) mass is 116 g/mol. The van der Waals surface area contributed by atoms with Gasteiger partial charge in [0.05, 0.1) is 11.4 Å². The summed E-state index contributed by atoms with van der Waals surface area (Å²) in [6.07, 6.45) is 0. The van der Waals surface area contributed by atoms with E-state index in [-0.39, 0.29) is 0 Å². The molecule has 0 radical (unpaired) electrons. The van der Waals surface area contributed by atoms with Gasteiger partial charge in [0.15, 0.2) is 0 Å². The van der Waals surface area contributed by atoms with E-state index in [1.165, 1.54) is 0 Å². The second-order valence-corrected chi connectivity index (χ2v) is 1.51. The van der Waals surface area contributed by atoms with E-state index in [9.17, 15) is 0 Å². The SMILES string of the molecule is CC(=N)C(C)=NS. The minimum Gasteiger partial charge on any atom is -0.304 e. The predicted molar refractivity (Wildman–Crippen MR) is 35.5 cm³/mol. The Balaban J connectivity index is 3.82. The van der Waals surface area contributed by atoms with E-state index in [4.69, 9.17) is 5.41 Å². The lowest BCUT2D eigenvalue weighted by Gasteiger charge is -1.87. The molecule has 0 aromatic heterocycles. The van der Waals surface area contributed by atoms with Crippen molar-refractivity contribution < 1.29 is 0 Å². The molecule has 0 unspecified atom stereocenters. The minimum absolute atomic E-state index is 0.468. The maximum Gasteiger partial charge on any atom is 0.0657 e. The molecule has 2 nitrogen and oxygen atoms in total. The maximum absolute atomic E-state index is 6.92. The van der Waals surface area contributed by atoms with E-state index in [2.05, 4.69) is 17.2 Å². The van der Waals surface area contributed by atoms with Gasteiger partial charge in [0.25, 0.3) is 0 Å². The zero-order valence-corrected chi connectivity index (χ0v) is 5.29. The quantitative estimate of drug-likeness (QED) is 0.383. The second-order valence-electron chi connectivity index (χ2n) is 1.31. The van der Waals surface area contributed by atoms with E-state index in [1.807, 2.05) is 0 Å². The third-order valence-electron chi connectivity index (χ3n) is 0.693. The van der Waals surface area contributed by atoms with Crippen molar-refractivity contribution in [1.29, 1.82) is 5.41 Å². The Morgan fingerprint density at radius 1 is 1.57 bits per heavy atom. The summed E-state index contributed by atoms with van der Waals surface area (Å²) in [4.78, 5) is 0. The van der Waals surface area contributed by atoms with E-state index in [1.54, 1.807) is 13.8 Å². The third-order valence-corrected chi connectivity index (χ3v) is 0.993. The Morgan fingerprint density at radius 2 is 2.00 bits per heavy atom. The fourth-order valence-electron chi connectivity index (χ4n) is 0.0750. The van der Waals surface area contributed by atoms with Crippen molar-refractivity contribution in [2.45, 2.75) is 13.8 Å². The van der Waals surface area contributed by atoms with Crippen LogP contribution in [0.1, 0.15) is 13.8 Å². The number of hydrogen-bond acceptors (Lipinski definition) is 3. The van der Waals surface area contributed by atoms with Gasteiger partial charge in [-0.1, -0.05) is 0 Å². The van der Waals surface area contributed by atoms with Crippen molar-refractivity contribution in [3.05, 3.63) is 0 Å². The highest BCUT2D eigenvalue weighted by molar-refractivity contribution is 7.79. The highest BCUT2D eigenvalue weighted by Gasteiger charge is 1.87. The first-order chi connectivity index (χ1) is 3.18. The lowest BCUT2D eigenvalue weighted by Crippen LogP contribution is -2.00. The van der Waals surface area contributed by atoms with Gasteiger partial charge in [-0.15, -0.1) is 0 Å². The van der Waals surface area contributed by atoms with Crippen LogP contribution in [0.25, 0.3) is 0 Å². The van der Waals surface area contributed by atoms with Gasteiger partial charge in [0, 0.05) is 0 Å². The highest BCUT2D eigenvalue weighted by atomic mass is 32.1. The fraction of sp³-hybridized carbons (Fsp3) is 0.500. The van der Waals surface area contributed by atoms with Gasteiger partial charge < -0.3 is 5.41 Å². The van der Waals surface area contributed by atoms with Crippen molar-refractivity contribution in [2.24, 2.45) is 4.40 Å². The molecular formula is C4H8N2S. The zero-order chi connectivity index (χ0) is 5.86. The molecule has 0 aromatic carbocycles. The van der Waals surface area contributed by atoms with Crippen molar-refractivity contribution in [2.75, 3.05) is 0 Å². The first-order valence-electron chi connectivity index (χ1n) is 1.92. The van der Waals surface area contributed by atoms with Crippen LogP contribution in [0.15, 0.2) is 4.40 Å². The molecule has 0 bridgehead atoms. The van der Waals surface area contributed by atoms with E-state index in [0.717, 1.165) is 0 Å². The van der Waals surface area contributed by atoms with Gasteiger partial charge >= 0.3 is 0 Å². The summed E-state index contributed by atoms with van der Waals surface area (Å²) in [6, 6.07) is 0. The standard InChI is InChI=1S/C4H8N2S/c1-3(5)4(2)6-7/h5,7H,1-2H3. The van der Waals surface area contributed by atoms with Crippen LogP contribution in [0.2, 0.25) is 0 Å².